The van der Waals surface area contributed by atoms with E-state index in [0.717, 1.165) is 24.3 Å². The Morgan fingerprint density at radius 3 is 2.19 bits per heavy atom. The molecule has 2 N–H and O–H groups in total. The van der Waals surface area contributed by atoms with Crippen LogP contribution in [0.3, 0.4) is 0 Å². The van der Waals surface area contributed by atoms with Crippen molar-refractivity contribution in [3.05, 3.63) is 64.0 Å². The molecule has 0 bridgehead atoms. The molecule has 2 aromatic carbocycles. The molecule has 0 radical (unpaired) electrons. The molecule has 2 aromatic rings. The van der Waals surface area contributed by atoms with Gasteiger partial charge in [0.15, 0.2) is 11.6 Å². The molecule has 31 heavy (non-hydrogen) atoms. The van der Waals surface area contributed by atoms with E-state index < -0.39 is 50.2 Å². The second kappa shape index (κ2) is 7.50. The van der Waals surface area contributed by atoms with Crippen LogP contribution in [0.25, 0.3) is 0 Å². The number of carbonyl (C=O) groups excluding carboxylic acids is 1. The van der Waals surface area contributed by atoms with Crippen LogP contribution < -0.4 is 10.0 Å². The lowest BCUT2D eigenvalue weighted by Crippen LogP contribution is -2.39. The summed E-state index contributed by atoms with van der Waals surface area (Å²) in [5.74, 6) is -4.12. The zero-order valence-electron chi connectivity index (χ0n) is 15.6. The number of non-ortho nitro benzene ring substituents is 1. The molecule has 0 unspecified atom stereocenters. The first-order chi connectivity index (χ1) is 14.6. The van der Waals surface area contributed by atoms with Crippen molar-refractivity contribution in [2.24, 2.45) is 11.8 Å². The molecule has 9 nitrogen and oxygen atoms in total. The molecule has 164 valence electrons. The van der Waals surface area contributed by atoms with Crippen molar-refractivity contribution < 1.29 is 31.3 Å². The second-order valence-corrected chi connectivity index (χ2v) is 9.02. The highest BCUT2D eigenvalue weighted by Gasteiger charge is 2.58. The summed E-state index contributed by atoms with van der Waals surface area (Å²) in [5.41, 5.74) is -0.735. The lowest BCUT2D eigenvalue weighted by Gasteiger charge is -2.21. The fraction of sp³-hybridized carbons (Fsp3) is 0.278. The summed E-state index contributed by atoms with van der Waals surface area (Å²) in [7, 11) is -3.90. The molecular formula is C18H15F3N4O5S. The number of nitro groups is 1. The van der Waals surface area contributed by atoms with Crippen LogP contribution in [0, 0.1) is 39.4 Å². The van der Waals surface area contributed by atoms with Gasteiger partial charge >= 0.3 is 6.03 Å². The summed E-state index contributed by atoms with van der Waals surface area (Å²) in [4.78, 5) is 23.5. The molecule has 0 spiro atoms. The van der Waals surface area contributed by atoms with Gasteiger partial charge in [-0.15, -0.1) is 0 Å². The Balaban J connectivity index is 1.34. The molecule has 3 atom stereocenters. The van der Waals surface area contributed by atoms with E-state index in [4.69, 9.17) is 0 Å². The fourth-order valence-electron chi connectivity index (χ4n) is 3.67. The maximum absolute atomic E-state index is 13.7. The van der Waals surface area contributed by atoms with Crippen LogP contribution >= 0.6 is 0 Å². The number of sulfonamides is 1. The maximum Gasteiger partial charge on any atom is 0.321 e. The second-order valence-electron chi connectivity index (χ2n) is 7.31. The number of hydrogen-bond acceptors (Lipinski definition) is 5. The van der Waals surface area contributed by atoms with Gasteiger partial charge in [-0.2, -0.15) is 0 Å². The van der Waals surface area contributed by atoms with Crippen molar-refractivity contribution in [2.75, 3.05) is 18.4 Å². The summed E-state index contributed by atoms with van der Waals surface area (Å²) in [6.07, 6.45) is 0. The fourth-order valence-corrected chi connectivity index (χ4v) is 5.01. The minimum Gasteiger partial charge on any atom is -0.324 e. The van der Waals surface area contributed by atoms with Gasteiger partial charge in [0.1, 0.15) is 5.82 Å². The maximum atomic E-state index is 13.7. The molecule has 2 aliphatic rings. The molecule has 2 fully saturated rings. The number of nitro benzene ring substituents is 1. The third kappa shape index (κ3) is 4.05. The largest absolute Gasteiger partial charge is 0.324 e. The highest BCUT2D eigenvalue weighted by Crippen LogP contribution is 2.46. The number of benzene rings is 2. The molecule has 0 aromatic heterocycles. The average molecular weight is 456 g/mol. The van der Waals surface area contributed by atoms with Crippen LogP contribution in [0.15, 0.2) is 41.3 Å². The molecular weight excluding hydrogens is 441 g/mol. The third-order valence-corrected chi connectivity index (χ3v) is 6.86. The van der Waals surface area contributed by atoms with E-state index in [1.54, 1.807) is 0 Å². The zero-order valence-corrected chi connectivity index (χ0v) is 16.4. The standard InChI is InChI=1S/C18H15F3N4O5S/c19-13-5-15(21)16(6-14(13)20)22-18(26)24-7-11-12(8-24)17(11)23-31(29,30)10-3-1-9(2-4-10)25(27)28/h1-6,11-12,17,23H,7-8H2,(H,22,26)/t11-,12+,17+. The van der Waals surface area contributed by atoms with Crippen LogP contribution in [0.1, 0.15) is 0 Å². The van der Waals surface area contributed by atoms with Gasteiger partial charge in [0.2, 0.25) is 10.0 Å². The average Bonchev–Trinajstić information content (AvgIpc) is 3.13. The van der Waals surface area contributed by atoms with Crippen LogP contribution in [-0.2, 0) is 10.0 Å². The molecule has 1 aliphatic heterocycles. The van der Waals surface area contributed by atoms with Crippen molar-refractivity contribution in [3.8, 4) is 0 Å². The Morgan fingerprint density at radius 1 is 1.03 bits per heavy atom. The Bertz CT molecular complexity index is 1160. The monoisotopic (exact) mass is 456 g/mol. The number of amides is 2. The molecule has 1 saturated carbocycles. The zero-order chi connectivity index (χ0) is 22.5. The Labute approximate surface area is 174 Å². The SMILES string of the molecule is O=C(Nc1cc(F)c(F)cc1F)N1C[C@@H]2[C@H](C1)[C@H]2NS(=O)(=O)c1ccc([N+](=O)[O-])cc1. The van der Waals surface area contributed by atoms with E-state index in [1.807, 2.05) is 0 Å². The van der Waals surface area contributed by atoms with E-state index in [0.29, 0.717) is 12.1 Å². The van der Waals surface area contributed by atoms with Gasteiger partial charge in [-0.05, 0) is 24.0 Å². The van der Waals surface area contributed by atoms with Crippen LogP contribution in [0.2, 0.25) is 0 Å². The summed E-state index contributed by atoms with van der Waals surface area (Å²) >= 11 is 0. The molecule has 2 amide bonds. The summed E-state index contributed by atoms with van der Waals surface area (Å²) < 4.78 is 67.4. The van der Waals surface area contributed by atoms with E-state index in [1.165, 1.54) is 4.90 Å². The topological polar surface area (TPSA) is 122 Å². The number of nitrogens with one attached hydrogen (secondary N) is 2. The van der Waals surface area contributed by atoms with E-state index >= 15 is 0 Å². The van der Waals surface area contributed by atoms with Gasteiger partial charge in [-0.3, -0.25) is 10.1 Å². The van der Waals surface area contributed by atoms with Crippen molar-refractivity contribution in [2.45, 2.75) is 10.9 Å². The number of urea groups is 1. The third-order valence-electron chi connectivity index (χ3n) is 5.38. The van der Waals surface area contributed by atoms with Crippen LogP contribution in [0.4, 0.5) is 29.3 Å². The smallest absolute Gasteiger partial charge is 0.321 e. The Kier molecular flexibility index (Phi) is 5.09. The minimum atomic E-state index is -3.90. The first kappa shape index (κ1) is 21.1. The highest BCUT2D eigenvalue weighted by molar-refractivity contribution is 7.89. The normalized spacial score (nSPS) is 22.2. The lowest BCUT2D eigenvalue weighted by molar-refractivity contribution is -0.384. The molecule has 1 heterocycles. The number of nitrogens with zero attached hydrogens (tertiary/aromatic N) is 2. The molecule has 1 aliphatic carbocycles. The number of fused-ring (bicyclic) bond motifs is 1. The highest BCUT2D eigenvalue weighted by atomic mass is 32.2. The van der Waals surface area contributed by atoms with Gasteiger partial charge in [-0.25, -0.2) is 31.1 Å². The van der Waals surface area contributed by atoms with Gasteiger partial charge < -0.3 is 10.2 Å². The van der Waals surface area contributed by atoms with Crippen molar-refractivity contribution in [3.63, 3.8) is 0 Å². The van der Waals surface area contributed by atoms with Crippen molar-refractivity contribution in [1.82, 2.24) is 9.62 Å². The van der Waals surface area contributed by atoms with E-state index in [2.05, 4.69) is 10.0 Å². The van der Waals surface area contributed by atoms with Crippen molar-refractivity contribution in [1.29, 1.82) is 0 Å². The van der Waals surface area contributed by atoms with Gasteiger partial charge in [0.25, 0.3) is 5.69 Å². The predicted molar refractivity (Wildman–Crippen MR) is 101 cm³/mol. The Hall–Kier alpha value is -3.19. The number of hydrogen-bond donors (Lipinski definition) is 2. The van der Waals surface area contributed by atoms with Crippen LogP contribution in [0.5, 0.6) is 0 Å². The summed E-state index contributed by atoms with van der Waals surface area (Å²) in [5, 5.41) is 12.9. The summed E-state index contributed by atoms with van der Waals surface area (Å²) in [6.45, 7) is 0.379. The van der Waals surface area contributed by atoms with Crippen molar-refractivity contribution >= 4 is 27.4 Å². The quantitative estimate of drug-likeness (QED) is 0.407. The minimum absolute atomic E-state index is 0.119. The van der Waals surface area contributed by atoms with Gasteiger partial charge in [-0.1, -0.05) is 0 Å². The number of halogens is 3. The number of rotatable bonds is 5. The number of piperidine rings is 1. The predicted octanol–water partition coefficient (Wildman–Crippen LogP) is 2.45. The lowest BCUT2D eigenvalue weighted by atomic mass is 10.3. The van der Waals surface area contributed by atoms with E-state index in [9.17, 15) is 36.5 Å². The first-order valence-electron chi connectivity index (χ1n) is 9.04. The first-order valence-corrected chi connectivity index (χ1v) is 10.5. The van der Waals surface area contributed by atoms with E-state index in [-0.39, 0.29) is 35.5 Å². The Morgan fingerprint density at radius 2 is 1.61 bits per heavy atom. The number of carbonyl (C=O) groups is 1. The molecule has 1 saturated heterocycles. The molecule has 13 heteroatoms. The van der Waals surface area contributed by atoms with Gasteiger partial charge in [0.05, 0.1) is 15.5 Å². The summed E-state index contributed by atoms with van der Waals surface area (Å²) in [6, 6.07) is 4.19. The number of anilines is 1. The number of likely N-dealkylation sites (tertiary alicyclic amines) is 1. The van der Waals surface area contributed by atoms with Gasteiger partial charge in [0, 0.05) is 43.4 Å². The van der Waals surface area contributed by atoms with Crippen LogP contribution in [-0.4, -0.2) is 43.4 Å². The molecule has 4 rings (SSSR count).